The SMILES string of the molecule is O=S(=O)(c1ccc(N2CCCCC2)[nH+]c1)N1CCCCC1. The van der Waals surface area contributed by atoms with Gasteiger partial charge in [-0.1, -0.05) is 6.42 Å². The van der Waals surface area contributed by atoms with E-state index in [1.165, 1.54) is 19.3 Å². The molecule has 3 rings (SSSR count). The number of pyridine rings is 1. The van der Waals surface area contributed by atoms with Crippen molar-refractivity contribution >= 4 is 15.8 Å². The van der Waals surface area contributed by atoms with E-state index in [0.29, 0.717) is 18.0 Å². The van der Waals surface area contributed by atoms with Gasteiger partial charge in [0.2, 0.25) is 10.0 Å². The summed E-state index contributed by atoms with van der Waals surface area (Å²) in [7, 11) is -3.33. The summed E-state index contributed by atoms with van der Waals surface area (Å²) in [4.78, 5) is 5.84. The monoisotopic (exact) mass is 310 g/mol. The maximum Gasteiger partial charge on any atom is 0.274 e. The van der Waals surface area contributed by atoms with Crippen molar-refractivity contribution in [3.05, 3.63) is 18.3 Å². The van der Waals surface area contributed by atoms with Gasteiger partial charge < -0.3 is 0 Å². The molecule has 2 aliphatic heterocycles. The van der Waals surface area contributed by atoms with Crippen LogP contribution in [0.2, 0.25) is 0 Å². The first-order chi connectivity index (χ1) is 10.2. The normalized spacial score (nSPS) is 21.4. The maximum absolute atomic E-state index is 12.6. The van der Waals surface area contributed by atoms with Gasteiger partial charge in [0.25, 0.3) is 5.82 Å². The molecule has 2 aliphatic rings. The lowest BCUT2D eigenvalue weighted by molar-refractivity contribution is -0.367. The highest BCUT2D eigenvalue weighted by Crippen LogP contribution is 2.21. The second kappa shape index (κ2) is 6.32. The van der Waals surface area contributed by atoms with Crippen LogP contribution in [-0.4, -0.2) is 38.9 Å². The van der Waals surface area contributed by atoms with E-state index < -0.39 is 10.0 Å². The van der Waals surface area contributed by atoms with Gasteiger partial charge in [-0.05, 0) is 38.2 Å². The van der Waals surface area contributed by atoms with Gasteiger partial charge >= 0.3 is 0 Å². The third kappa shape index (κ3) is 3.21. The Morgan fingerprint density at radius 3 is 2.05 bits per heavy atom. The topological polar surface area (TPSA) is 54.8 Å². The molecule has 0 bridgehead atoms. The molecule has 5 nitrogen and oxygen atoms in total. The lowest BCUT2D eigenvalue weighted by Crippen LogP contribution is -2.37. The van der Waals surface area contributed by atoms with E-state index in [1.807, 2.05) is 6.07 Å². The fraction of sp³-hybridized carbons (Fsp3) is 0.667. The quantitative estimate of drug-likeness (QED) is 0.853. The summed E-state index contributed by atoms with van der Waals surface area (Å²) in [6, 6.07) is 3.65. The Morgan fingerprint density at radius 2 is 1.48 bits per heavy atom. The molecule has 2 fully saturated rings. The van der Waals surface area contributed by atoms with E-state index in [4.69, 9.17) is 0 Å². The van der Waals surface area contributed by atoms with Crippen LogP contribution in [-0.2, 0) is 10.0 Å². The number of sulfonamides is 1. The van der Waals surface area contributed by atoms with E-state index in [-0.39, 0.29) is 0 Å². The highest BCUT2D eigenvalue weighted by molar-refractivity contribution is 7.89. The summed E-state index contributed by atoms with van der Waals surface area (Å²) >= 11 is 0. The van der Waals surface area contributed by atoms with Crippen LogP contribution in [0.3, 0.4) is 0 Å². The van der Waals surface area contributed by atoms with Crippen LogP contribution in [0.15, 0.2) is 23.2 Å². The first-order valence-corrected chi connectivity index (χ1v) is 9.39. The number of piperidine rings is 2. The minimum Gasteiger partial charge on any atom is -0.262 e. The molecule has 6 heteroatoms. The van der Waals surface area contributed by atoms with Gasteiger partial charge in [0.05, 0.1) is 13.1 Å². The Morgan fingerprint density at radius 1 is 0.857 bits per heavy atom. The van der Waals surface area contributed by atoms with Crippen molar-refractivity contribution in [3.63, 3.8) is 0 Å². The summed E-state index contributed by atoms with van der Waals surface area (Å²) in [5, 5.41) is 0. The summed E-state index contributed by atoms with van der Waals surface area (Å²) < 4.78 is 26.7. The third-order valence-electron chi connectivity index (χ3n) is 4.42. The molecule has 0 radical (unpaired) electrons. The van der Waals surface area contributed by atoms with Crippen molar-refractivity contribution in [2.45, 2.75) is 43.4 Å². The van der Waals surface area contributed by atoms with Crippen LogP contribution in [0.1, 0.15) is 38.5 Å². The van der Waals surface area contributed by atoms with E-state index in [2.05, 4.69) is 9.88 Å². The summed E-state index contributed by atoms with van der Waals surface area (Å²) in [6.45, 7) is 3.40. The number of aromatic amines is 1. The smallest absolute Gasteiger partial charge is 0.262 e. The van der Waals surface area contributed by atoms with E-state index in [1.54, 1.807) is 16.6 Å². The van der Waals surface area contributed by atoms with Crippen molar-refractivity contribution in [2.75, 3.05) is 31.1 Å². The van der Waals surface area contributed by atoms with Crippen molar-refractivity contribution in [1.29, 1.82) is 0 Å². The highest BCUT2D eigenvalue weighted by atomic mass is 32.2. The fourth-order valence-electron chi connectivity index (χ4n) is 3.15. The average Bonchev–Trinajstić information content (AvgIpc) is 2.57. The Labute approximate surface area is 127 Å². The third-order valence-corrected chi connectivity index (χ3v) is 6.31. The number of hydrogen-bond donors (Lipinski definition) is 0. The van der Waals surface area contributed by atoms with Crippen LogP contribution >= 0.6 is 0 Å². The largest absolute Gasteiger partial charge is 0.274 e. The van der Waals surface area contributed by atoms with Crippen LogP contribution < -0.4 is 9.88 Å². The van der Waals surface area contributed by atoms with Gasteiger partial charge in [-0.2, -0.15) is 4.31 Å². The molecule has 0 aromatic carbocycles. The van der Waals surface area contributed by atoms with Gasteiger partial charge in [0.1, 0.15) is 11.1 Å². The van der Waals surface area contributed by atoms with Gasteiger partial charge in [0.15, 0.2) is 0 Å². The Hall–Kier alpha value is -1.14. The Kier molecular flexibility index (Phi) is 4.45. The second-order valence-electron chi connectivity index (χ2n) is 5.92. The number of anilines is 1. The number of nitrogens with one attached hydrogen (secondary N) is 1. The van der Waals surface area contributed by atoms with Crippen molar-refractivity contribution in [2.24, 2.45) is 0 Å². The predicted molar refractivity (Wildman–Crippen MR) is 81.7 cm³/mol. The minimum absolute atomic E-state index is 0.380. The minimum atomic E-state index is -3.33. The van der Waals surface area contributed by atoms with Gasteiger partial charge in [-0.3, -0.25) is 4.90 Å². The van der Waals surface area contributed by atoms with Gasteiger partial charge in [-0.15, -0.1) is 0 Å². The highest BCUT2D eigenvalue weighted by Gasteiger charge is 2.27. The first kappa shape index (κ1) is 14.8. The first-order valence-electron chi connectivity index (χ1n) is 7.95. The molecule has 116 valence electrons. The number of aromatic nitrogens is 1. The molecular formula is C15H24N3O2S+. The second-order valence-corrected chi connectivity index (χ2v) is 7.86. The molecular weight excluding hydrogens is 286 g/mol. The van der Waals surface area contributed by atoms with Crippen LogP contribution in [0.4, 0.5) is 5.82 Å². The van der Waals surface area contributed by atoms with Gasteiger partial charge in [0, 0.05) is 19.2 Å². The zero-order valence-corrected chi connectivity index (χ0v) is 13.2. The molecule has 1 aromatic rings. The van der Waals surface area contributed by atoms with Gasteiger partial charge in [-0.25, -0.2) is 13.4 Å². The molecule has 0 spiro atoms. The number of H-pyrrole nitrogens is 1. The summed E-state index contributed by atoms with van der Waals surface area (Å²) in [5.41, 5.74) is 0. The molecule has 3 heterocycles. The lowest BCUT2D eigenvalue weighted by atomic mass is 10.1. The molecule has 0 saturated carbocycles. The van der Waals surface area contributed by atoms with Crippen LogP contribution in [0, 0.1) is 0 Å². The average molecular weight is 310 g/mol. The van der Waals surface area contributed by atoms with Crippen LogP contribution in [0.5, 0.6) is 0 Å². The van der Waals surface area contributed by atoms with Crippen LogP contribution in [0.25, 0.3) is 0 Å². The maximum atomic E-state index is 12.6. The molecule has 2 saturated heterocycles. The fourth-order valence-corrected chi connectivity index (χ4v) is 4.63. The standard InChI is InChI=1S/C15H23N3O2S/c19-21(20,18-11-5-2-6-12-18)14-7-8-15(16-13-14)17-9-3-1-4-10-17/h7-8,13H,1-6,9-12H2/p+1. The van der Waals surface area contributed by atoms with Crippen molar-refractivity contribution in [3.8, 4) is 0 Å². The molecule has 1 aromatic heterocycles. The zero-order valence-electron chi connectivity index (χ0n) is 12.4. The number of nitrogens with zero attached hydrogens (tertiary/aromatic N) is 2. The Bertz CT molecular complexity index is 559. The van der Waals surface area contributed by atoms with E-state index in [0.717, 1.165) is 38.2 Å². The molecule has 0 aliphatic carbocycles. The van der Waals surface area contributed by atoms with Crippen molar-refractivity contribution in [1.82, 2.24) is 4.31 Å². The molecule has 21 heavy (non-hydrogen) atoms. The summed E-state index contributed by atoms with van der Waals surface area (Å²) in [6.07, 6.45) is 8.42. The van der Waals surface area contributed by atoms with E-state index in [9.17, 15) is 8.42 Å². The summed E-state index contributed by atoms with van der Waals surface area (Å²) in [5.74, 6) is 1.02. The van der Waals surface area contributed by atoms with Crippen molar-refractivity contribution < 1.29 is 13.4 Å². The van der Waals surface area contributed by atoms with E-state index >= 15 is 0 Å². The Balaban J connectivity index is 1.76. The molecule has 0 atom stereocenters. The molecule has 0 unspecified atom stereocenters. The molecule has 0 amide bonds. The number of hydrogen-bond acceptors (Lipinski definition) is 3. The predicted octanol–water partition coefficient (Wildman–Crippen LogP) is 1.67. The zero-order chi connectivity index (χ0) is 14.7. The lowest BCUT2D eigenvalue weighted by Gasteiger charge is -2.25. The number of rotatable bonds is 3. The molecule has 1 N–H and O–H groups in total.